The van der Waals surface area contributed by atoms with Gasteiger partial charge in [0, 0.05) is 44.0 Å². The maximum atomic E-state index is 13.9. The third kappa shape index (κ3) is 9.18. The smallest absolute Gasteiger partial charge is 0.407 e. The monoisotopic (exact) mass is 600 g/mol. The van der Waals surface area contributed by atoms with Gasteiger partial charge in [0.05, 0.1) is 0 Å². The third-order valence-corrected chi connectivity index (χ3v) is 8.74. The number of carbonyl (C=O) groups excluding carboxylic acids is 3. The van der Waals surface area contributed by atoms with E-state index in [9.17, 15) is 14.4 Å². The number of piperidine rings is 1. The number of hydrogen-bond donors (Lipinski definition) is 2. The molecule has 4 rings (SSSR count). The molecule has 0 bridgehead atoms. The average Bonchev–Trinajstić information content (AvgIpc) is 3.46. The number of nitrogens with one attached hydrogen (secondary N) is 2. The second kappa shape index (κ2) is 14.4. The summed E-state index contributed by atoms with van der Waals surface area (Å²) >= 11 is 6.08. The van der Waals surface area contributed by atoms with Gasteiger partial charge in [-0.2, -0.15) is 5.10 Å². The summed E-state index contributed by atoms with van der Waals surface area (Å²) in [5.41, 5.74) is 0.359. The molecular weight excluding hydrogens is 556 g/mol. The summed E-state index contributed by atoms with van der Waals surface area (Å²) < 4.78 is 7.18. The standard InChI is InChI=1S/C31H45ClN6O4/c1-30(2,3)42-29(41)34-16-13-27(39)36-26(19-23-9-11-25(32)12-10-23)28(40)37-17-14-31(15-18-37,20-38-22-33-21-35-38)24-7-5-4-6-8-24/h9-12,21-22,24,26H,4-8,13-20H2,1-3H3,(H,34,41)(H,36,39). The lowest BCUT2D eigenvalue weighted by molar-refractivity contribution is -0.139. The van der Waals surface area contributed by atoms with Crippen molar-refractivity contribution in [1.29, 1.82) is 0 Å². The number of benzene rings is 1. The van der Waals surface area contributed by atoms with Crippen molar-refractivity contribution in [3.8, 4) is 0 Å². The minimum Gasteiger partial charge on any atom is -0.444 e. The predicted octanol–water partition coefficient (Wildman–Crippen LogP) is 4.76. The number of hydrogen-bond acceptors (Lipinski definition) is 6. The Morgan fingerprint density at radius 2 is 1.79 bits per heavy atom. The molecule has 2 aromatic rings. The van der Waals surface area contributed by atoms with Gasteiger partial charge in [-0.15, -0.1) is 0 Å². The highest BCUT2D eigenvalue weighted by Crippen LogP contribution is 2.47. The van der Waals surface area contributed by atoms with E-state index in [1.165, 1.54) is 32.1 Å². The van der Waals surface area contributed by atoms with E-state index >= 15 is 0 Å². The van der Waals surface area contributed by atoms with Crippen molar-refractivity contribution in [3.63, 3.8) is 0 Å². The van der Waals surface area contributed by atoms with Crippen LogP contribution in [0.4, 0.5) is 4.79 Å². The van der Waals surface area contributed by atoms with E-state index in [0.29, 0.717) is 30.5 Å². The normalized spacial score (nSPS) is 18.2. The second-order valence-corrected chi connectivity index (χ2v) is 13.2. The first-order valence-corrected chi connectivity index (χ1v) is 15.5. The van der Waals surface area contributed by atoms with Gasteiger partial charge in [0.25, 0.3) is 0 Å². The summed E-state index contributed by atoms with van der Waals surface area (Å²) in [5.74, 6) is 0.212. The fraction of sp³-hybridized carbons (Fsp3) is 0.645. The summed E-state index contributed by atoms with van der Waals surface area (Å²) in [6, 6.07) is 6.60. The van der Waals surface area contributed by atoms with Crippen LogP contribution >= 0.6 is 11.6 Å². The highest BCUT2D eigenvalue weighted by molar-refractivity contribution is 6.30. The van der Waals surface area contributed by atoms with Crippen molar-refractivity contribution >= 4 is 29.5 Å². The van der Waals surface area contributed by atoms with Crippen molar-refractivity contribution in [2.45, 2.75) is 96.7 Å². The summed E-state index contributed by atoms with van der Waals surface area (Å²) in [4.78, 5) is 44.9. The molecule has 2 fully saturated rings. The Labute approximate surface area is 253 Å². The fourth-order valence-corrected chi connectivity index (χ4v) is 6.48. The zero-order valence-corrected chi connectivity index (χ0v) is 25.9. The van der Waals surface area contributed by atoms with Gasteiger partial charge in [-0.1, -0.05) is 43.0 Å². The molecule has 42 heavy (non-hydrogen) atoms. The number of halogens is 1. The van der Waals surface area contributed by atoms with Crippen molar-refractivity contribution < 1.29 is 19.1 Å². The van der Waals surface area contributed by atoms with Crippen LogP contribution < -0.4 is 10.6 Å². The molecule has 2 N–H and O–H groups in total. The number of nitrogens with zero attached hydrogens (tertiary/aromatic N) is 4. The zero-order valence-electron chi connectivity index (χ0n) is 25.1. The minimum absolute atomic E-state index is 0.0341. The van der Waals surface area contributed by atoms with Gasteiger partial charge in [-0.25, -0.2) is 9.78 Å². The highest BCUT2D eigenvalue weighted by atomic mass is 35.5. The molecule has 11 heteroatoms. The summed E-state index contributed by atoms with van der Waals surface area (Å²) in [6.45, 7) is 7.53. The fourth-order valence-electron chi connectivity index (χ4n) is 6.36. The molecule has 1 aromatic carbocycles. The molecule has 2 aliphatic rings. The molecule has 2 heterocycles. The van der Waals surface area contributed by atoms with Gasteiger partial charge in [-0.3, -0.25) is 14.3 Å². The third-order valence-electron chi connectivity index (χ3n) is 8.49. The van der Waals surface area contributed by atoms with E-state index in [1.807, 2.05) is 21.7 Å². The lowest BCUT2D eigenvalue weighted by Crippen LogP contribution is -2.54. The Balaban J connectivity index is 1.41. The SMILES string of the molecule is CC(C)(C)OC(=O)NCCC(=O)NC(Cc1ccc(Cl)cc1)C(=O)N1CCC(Cn2cncn2)(C2CCCCC2)CC1. The number of ether oxygens (including phenoxy) is 1. The topological polar surface area (TPSA) is 118 Å². The van der Waals surface area contributed by atoms with E-state index in [0.717, 1.165) is 24.9 Å². The number of amides is 3. The minimum atomic E-state index is -0.724. The molecule has 0 radical (unpaired) electrons. The molecule has 0 spiro atoms. The molecule has 1 aliphatic carbocycles. The first kappa shape index (κ1) is 31.8. The molecule has 3 amide bonds. The van der Waals surface area contributed by atoms with Crippen LogP contribution in [0, 0.1) is 11.3 Å². The Hall–Kier alpha value is -3.14. The molecule has 1 unspecified atom stereocenters. The van der Waals surface area contributed by atoms with Crippen molar-refractivity contribution in [1.82, 2.24) is 30.3 Å². The first-order chi connectivity index (χ1) is 20.0. The number of rotatable bonds is 10. The number of aromatic nitrogens is 3. The molecule has 1 saturated carbocycles. The summed E-state index contributed by atoms with van der Waals surface area (Å²) in [7, 11) is 0. The van der Waals surface area contributed by atoms with Gasteiger partial charge >= 0.3 is 6.09 Å². The van der Waals surface area contributed by atoms with Crippen LogP contribution in [0.15, 0.2) is 36.9 Å². The number of likely N-dealkylation sites (tertiary alicyclic amines) is 1. The number of alkyl carbamates (subject to hydrolysis) is 1. The predicted molar refractivity (Wildman–Crippen MR) is 161 cm³/mol. The molecule has 1 saturated heterocycles. The zero-order chi connectivity index (χ0) is 30.2. The maximum absolute atomic E-state index is 13.9. The van der Waals surface area contributed by atoms with Gasteiger partial charge in [-0.05, 0) is 75.5 Å². The summed E-state index contributed by atoms with van der Waals surface area (Å²) in [5, 5.41) is 10.6. The van der Waals surface area contributed by atoms with Crippen molar-refractivity contribution in [3.05, 3.63) is 47.5 Å². The number of carbonyl (C=O) groups is 3. The van der Waals surface area contributed by atoms with E-state index in [2.05, 4.69) is 20.7 Å². The molecule has 230 valence electrons. The van der Waals surface area contributed by atoms with Crippen LogP contribution in [0.3, 0.4) is 0 Å². The van der Waals surface area contributed by atoms with Gasteiger partial charge in [0.2, 0.25) is 11.8 Å². The largest absolute Gasteiger partial charge is 0.444 e. The first-order valence-electron chi connectivity index (χ1n) is 15.1. The van der Waals surface area contributed by atoms with Crippen LogP contribution in [-0.2, 0) is 27.3 Å². The van der Waals surface area contributed by atoms with Gasteiger partial charge in [0.1, 0.15) is 24.3 Å². The Morgan fingerprint density at radius 1 is 1.10 bits per heavy atom. The lowest BCUT2D eigenvalue weighted by Gasteiger charge is -2.48. The van der Waals surface area contributed by atoms with Crippen LogP contribution in [0.1, 0.15) is 77.7 Å². The van der Waals surface area contributed by atoms with E-state index in [-0.39, 0.29) is 30.2 Å². The van der Waals surface area contributed by atoms with Crippen molar-refractivity contribution in [2.75, 3.05) is 19.6 Å². The van der Waals surface area contributed by atoms with Gasteiger partial charge in [0.15, 0.2) is 0 Å². The molecule has 1 aromatic heterocycles. The van der Waals surface area contributed by atoms with E-state index in [4.69, 9.17) is 16.3 Å². The summed E-state index contributed by atoms with van der Waals surface area (Å²) in [6.07, 6.45) is 11.2. The van der Waals surface area contributed by atoms with E-state index < -0.39 is 17.7 Å². The molecule has 1 aliphatic heterocycles. The lowest BCUT2D eigenvalue weighted by atomic mass is 9.63. The Morgan fingerprint density at radius 3 is 2.40 bits per heavy atom. The van der Waals surface area contributed by atoms with Gasteiger partial charge < -0.3 is 20.3 Å². The second-order valence-electron chi connectivity index (χ2n) is 12.7. The van der Waals surface area contributed by atoms with E-state index in [1.54, 1.807) is 45.6 Å². The average molecular weight is 601 g/mol. The van der Waals surface area contributed by atoms with Crippen LogP contribution in [-0.4, -0.2) is 68.8 Å². The quantitative estimate of drug-likeness (QED) is 0.406. The maximum Gasteiger partial charge on any atom is 0.407 e. The highest BCUT2D eigenvalue weighted by Gasteiger charge is 2.43. The van der Waals surface area contributed by atoms with Crippen LogP contribution in [0.2, 0.25) is 5.02 Å². The Kier molecular flexibility index (Phi) is 10.9. The molecule has 10 nitrogen and oxygen atoms in total. The molecule has 1 atom stereocenters. The van der Waals surface area contributed by atoms with Crippen molar-refractivity contribution in [2.24, 2.45) is 11.3 Å². The Bertz CT molecular complexity index is 1170. The van der Waals surface area contributed by atoms with Crippen LogP contribution in [0.5, 0.6) is 0 Å². The van der Waals surface area contributed by atoms with Crippen LogP contribution in [0.25, 0.3) is 0 Å². The molecular formula is C31H45ClN6O4.